The lowest BCUT2D eigenvalue weighted by molar-refractivity contribution is 0.102. The summed E-state index contributed by atoms with van der Waals surface area (Å²) < 4.78 is 4.40. The molecule has 8 heteroatoms. The highest BCUT2D eigenvalue weighted by atomic mass is 32.2. The first-order valence-corrected chi connectivity index (χ1v) is 12.3. The molecule has 0 unspecified atom stereocenters. The summed E-state index contributed by atoms with van der Waals surface area (Å²) in [6, 6.07) is 28.1. The van der Waals surface area contributed by atoms with Crippen molar-refractivity contribution in [1.82, 2.24) is 14.1 Å². The lowest BCUT2D eigenvalue weighted by Crippen LogP contribution is -2.22. The van der Waals surface area contributed by atoms with Crippen LogP contribution in [0.1, 0.15) is 10.4 Å². The smallest absolute Gasteiger partial charge is 0.278 e. The van der Waals surface area contributed by atoms with Crippen molar-refractivity contribution in [2.24, 2.45) is 0 Å². The van der Waals surface area contributed by atoms with Crippen LogP contribution in [0.3, 0.4) is 0 Å². The van der Waals surface area contributed by atoms with Crippen molar-refractivity contribution in [3.63, 3.8) is 0 Å². The molecule has 0 fully saturated rings. The summed E-state index contributed by atoms with van der Waals surface area (Å²) in [5.41, 5.74) is 2.46. The zero-order valence-corrected chi connectivity index (χ0v) is 19.7. The van der Waals surface area contributed by atoms with Crippen molar-refractivity contribution >= 4 is 51.4 Å². The number of nitrogens with zero attached hydrogens (tertiary/aromatic N) is 3. The molecule has 5 nitrogen and oxygen atoms in total. The van der Waals surface area contributed by atoms with Crippen molar-refractivity contribution in [2.75, 3.05) is 5.75 Å². The summed E-state index contributed by atoms with van der Waals surface area (Å²) in [5, 5.41) is 0.445. The van der Waals surface area contributed by atoms with Crippen LogP contribution in [0.4, 0.5) is 0 Å². The Hall–Kier alpha value is -3.33. The van der Waals surface area contributed by atoms with Gasteiger partial charge in [0, 0.05) is 11.3 Å². The van der Waals surface area contributed by atoms with Gasteiger partial charge in [0.25, 0.3) is 5.56 Å². The molecule has 33 heavy (non-hydrogen) atoms. The minimum absolute atomic E-state index is 0.0280. The van der Waals surface area contributed by atoms with Gasteiger partial charge in [-0.25, -0.2) is 4.98 Å². The number of Topliss-reactive ketones (excluding diaryl/α,β-unsaturated/α-hetero) is 1. The molecule has 0 atom stereocenters. The maximum Gasteiger partial charge on any atom is 0.278 e. The summed E-state index contributed by atoms with van der Waals surface area (Å²) >= 11 is 8.09. The molecule has 5 rings (SSSR count). The predicted molar refractivity (Wildman–Crippen MR) is 137 cm³/mol. The number of thioether (sulfide) groups is 1. The highest BCUT2D eigenvalue weighted by Crippen LogP contribution is 2.27. The fourth-order valence-corrected chi connectivity index (χ4v) is 5.68. The zero-order valence-electron chi connectivity index (χ0n) is 17.3. The van der Waals surface area contributed by atoms with Crippen LogP contribution in [0.25, 0.3) is 21.7 Å². The number of rotatable bonds is 6. The maximum absolute atomic E-state index is 13.6. The van der Waals surface area contributed by atoms with E-state index in [0.29, 0.717) is 30.7 Å². The van der Waals surface area contributed by atoms with Crippen LogP contribution in [0, 0.1) is 3.95 Å². The number of hydrogen-bond acceptors (Lipinski definition) is 6. The SMILES string of the molecule is O=C(CSc1nc2c(sc(=S)n2-c2ccccc2)c(=O)n1-c1ccccc1)c1ccccc1. The molecule has 0 aliphatic rings. The molecule has 0 bridgehead atoms. The van der Waals surface area contributed by atoms with E-state index >= 15 is 0 Å². The molecule has 0 aliphatic carbocycles. The third-order valence-electron chi connectivity index (χ3n) is 5.03. The first kappa shape index (κ1) is 21.5. The number of thiazole rings is 1. The van der Waals surface area contributed by atoms with E-state index < -0.39 is 0 Å². The van der Waals surface area contributed by atoms with Gasteiger partial charge in [0.1, 0.15) is 4.70 Å². The van der Waals surface area contributed by atoms with Crippen LogP contribution < -0.4 is 5.56 Å². The molecule has 0 aliphatic heterocycles. The molecule has 0 radical (unpaired) electrons. The van der Waals surface area contributed by atoms with Gasteiger partial charge < -0.3 is 0 Å². The van der Waals surface area contributed by atoms with Gasteiger partial charge in [-0.3, -0.25) is 18.7 Å². The molecule has 5 aromatic rings. The predicted octanol–water partition coefficient (Wildman–Crippen LogP) is 5.94. The molecule has 0 amide bonds. The van der Waals surface area contributed by atoms with Gasteiger partial charge in [-0.1, -0.05) is 89.8 Å². The molecule has 2 heterocycles. The van der Waals surface area contributed by atoms with E-state index in [-0.39, 0.29) is 17.1 Å². The van der Waals surface area contributed by atoms with Gasteiger partial charge in [0.2, 0.25) is 0 Å². The Labute approximate surface area is 203 Å². The van der Waals surface area contributed by atoms with E-state index in [0.717, 1.165) is 5.69 Å². The summed E-state index contributed by atoms with van der Waals surface area (Å²) in [6.07, 6.45) is 0. The topological polar surface area (TPSA) is 56.9 Å². The number of carbonyl (C=O) groups is 1. The Morgan fingerprint density at radius 1 is 0.848 bits per heavy atom. The highest BCUT2D eigenvalue weighted by Gasteiger charge is 2.20. The minimum Gasteiger partial charge on any atom is -0.293 e. The fraction of sp³-hybridized carbons (Fsp3) is 0.0400. The molecule has 2 aromatic heterocycles. The Morgan fingerprint density at radius 3 is 2.00 bits per heavy atom. The summed E-state index contributed by atoms with van der Waals surface area (Å²) in [4.78, 5) is 31.2. The number of carbonyl (C=O) groups excluding carboxylic acids is 1. The number of ketones is 1. The Kier molecular flexibility index (Phi) is 6.04. The van der Waals surface area contributed by atoms with Crippen LogP contribution in [0.15, 0.2) is 101 Å². The normalized spacial score (nSPS) is 11.0. The van der Waals surface area contributed by atoms with Crippen LogP contribution in [0.5, 0.6) is 0 Å². The lowest BCUT2D eigenvalue weighted by Gasteiger charge is -2.12. The van der Waals surface area contributed by atoms with Gasteiger partial charge in [0.05, 0.1) is 11.4 Å². The fourth-order valence-electron chi connectivity index (χ4n) is 3.48. The number of aromatic nitrogens is 3. The van der Waals surface area contributed by atoms with Gasteiger partial charge in [-0.2, -0.15) is 0 Å². The average Bonchev–Trinajstić information content (AvgIpc) is 3.20. The Bertz CT molecular complexity index is 1560. The first-order valence-electron chi connectivity index (χ1n) is 10.1. The van der Waals surface area contributed by atoms with Crippen molar-refractivity contribution in [2.45, 2.75) is 5.16 Å². The number of hydrogen-bond donors (Lipinski definition) is 0. The molecular weight excluding hydrogens is 470 g/mol. The summed E-state index contributed by atoms with van der Waals surface area (Å²) in [6.45, 7) is 0. The zero-order chi connectivity index (χ0) is 22.8. The molecule has 0 saturated carbocycles. The summed E-state index contributed by atoms with van der Waals surface area (Å²) in [5.74, 6) is 0.130. The highest BCUT2D eigenvalue weighted by molar-refractivity contribution is 7.99. The van der Waals surface area contributed by atoms with Crippen LogP contribution >= 0.6 is 35.3 Å². The second-order valence-corrected chi connectivity index (χ2v) is 9.73. The Morgan fingerprint density at radius 2 is 1.39 bits per heavy atom. The monoisotopic (exact) mass is 487 g/mol. The second-order valence-electron chi connectivity index (χ2n) is 7.14. The Balaban J connectivity index is 1.67. The number of benzene rings is 3. The molecule has 0 N–H and O–H groups in total. The van der Waals surface area contributed by atoms with E-state index in [1.807, 2.05) is 83.4 Å². The van der Waals surface area contributed by atoms with Gasteiger partial charge in [0.15, 0.2) is 20.5 Å². The van der Waals surface area contributed by atoms with Gasteiger partial charge in [-0.15, -0.1) is 0 Å². The van der Waals surface area contributed by atoms with Crippen LogP contribution in [-0.2, 0) is 0 Å². The maximum atomic E-state index is 13.6. The summed E-state index contributed by atoms with van der Waals surface area (Å²) in [7, 11) is 0. The van der Waals surface area contributed by atoms with Crippen molar-refractivity contribution in [3.8, 4) is 11.4 Å². The van der Waals surface area contributed by atoms with E-state index in [2.05, 4.69) is 0 Å². The van der Waals surface area contributed by atoms with Crippen LogP contribution in [0.2, 0.25) is 0 Å². The van der Waals surface area contributed by atoms with E-state index in [1.54, 1.807) is 16.7 Å². The molecule has 162 valence electrons. The third kappa shape index (κ3) is 4.20. The number of fused-ring (bicyclic) bond motifs is 1. The lowest BCUT2D eigenvalue weighted by atomic mass is 10.2. The largest absolute Gasteiger partial charge is 0.293 e. The third-order valence-corrected chi connectivity index (χ3v) is 7.32. The quantitative estimate of drug-likeness (QED) is 0.128. The van der Waals surface area contributed by atoms with Crippen LogP contribution in [-0.4, -0.2) is 25.7 Å². The molecule has 3 aromatic carbocycles. The van der Waals surface area contributed by atoms with E-state index in [1.165, 1.54) is 23.1 Å². The van der Waals surface area contributed by atoms with Crippen molar-refractivity contribution < 1.29 is 4.79 Å². The van der Waals surface area contributed by atoms with Crippen molar-refractivity contribution in [1.29, 1.82) is 0 Å². The van der Waals surface area contributed by atoms with Gasteiger partial charge >= 0.3 is 0 Å². The van der Waals surface area contributed by atoms with E-state index in [4.69, 9.17) is 17.2 Å². The minimum atomic E-state index is -0.202. The van der Waals surface area contributed by atoms with E-state index in [9.17, 15) is 9.59 Å². The standard InChI is InChI=1S/C25H17N3O2S3/c29-20(17-10-4-1-5-11-17)16-32-24-26-22-21(23(30)28(24)19-14-8-3-9-15-19)33-25(31)27(22)18-12-6-2-7-13-18/h1-15H,16H2. The number of para-hydroxylation sites is 2. The second kappa shape index (κ2) is 9.27. The van der Waals surface area contributed by atoms with Crippen molar-refractivity contribution in [3.05, 3.63) is 111 Å². The van der Waals surface area contributed by atoms with Gasteiger partial charge in [-0.05, 0) is 36.5 Å². The molecule has 0 spiro atoms. The molecular formula is C25H17N3O2S3. The average molecular weight is 488 g/mol. The first-order chi connectivity index (χ1) is 16.1. The molecule has 0 saturated heterocycles.